The van der Waals surface area contributed by atoms with Gasteiger partial charge in [0.2, 0.25) is 0 Å². The van der Waals surface area contributed by atoms with Gasteiger partial charge in [-0.1, -0.05) is 19.1 Å². The van der Waals surface area contributed by atoms with Crippen LogP contribution in [0.3, 0.4) is 0 Å². The monoisotopic (exact) mass is 246 g/mol. The van der Waals surface area contributed by atoms with Crippen molar-refractivity contribution in [3.63, 3.8) is 0 Å². The first-order valence-electron chi connectivity index (χ1n) is 6.67. The van der Waals surface area contributed by atoms with Crippen LogP contribution in [0.2, 0.25) is 0 Å². The number of hydrogen-bond donors (Lipinski definition) is 2. The summed E-state index contributed by atoms with van der Waals surface area (Å²) >= 11 is 0. The summed E-state index contributed by atoms with van der Waals surface area (Å²) in [5.41, 5.74) is 2.56. The van der Waals surface area contributed by atoms with Crippen molar-refractivity contribution in [3.05, 3.63) is 36.0 Å². The summed E-state index contributed by atoms with van der Waals surface area (Å²) in [6, 6.07) is 8.71. The molecule has 2 aromatic rings. The minimum Gasteiger partial charge on any atom is -0.393 e. The first kappa shape index (κ1) is 13.1. The molecule has 1 aromatic heterocycles. The highest BCUT2D eigenvalue weighted by atomic mass is 16.3. The highest BCUT2D eigenvalue weighted by Crippen LogP contribution is 2.18. The summed E-state index contributed by atoms with van der Waals surface area (Å²) < 4.78 is 2.22. The number of aryl methyl sites for hydroxylation is 1. The smallest absolute Gasteiger partial charge is 0.0529 e. The molecule has 0 amide bonds. The highest BCUT2D eigenvalue weighted by molar-refractivity contribution is 5.80. The van der Waals surface area contributed by atoms with Crippen LogP contribution in [0.4, 0.5) is 0 Å². The number of nitrogens with one attached hydrogen (secondary N) is 1. The van der Waals surface area contributed by atoms with Crippen molar-refractivity contribution in [1.29, 1.82) is 0 Å². The van der Waals surface area contributed by atoms with E-state index in [1.54, 1.807) is 0 Å². The average molecular weight is 246 g/mol. The third kappa shape index (κ3) is 3.12. The van der Waals surface area contributed by atoms with E-state index in [1.807, 2.05) is 6.92 Å². The summed E-state index contributed by atoms with van der Waals surface area (Å²) in [5, 5.41) is 14.0. The van der Waals surface area contributed by atoms with Gasteiger partial charge in [-0.3, -0.25) is 0 Å². The van der Waals surface area contributed by atoms with E-state index in [-0.39, 0.29) is 6.10 Å². The third-order valence-electron chi connectivity index (χ3n) is 3.21. The van der Waals surface area contributed by atoms with Crippen LogP contribution in [0.1, 0.15) is 25.8 Å². The quantitative estimate of drug-likeness (QED) is 0.822. The molecule has 2 rings (SSSR count). The van der Waals surface area contributed by atoms with Crippen molar-refractivity contribution in [2.75, 3.05) is 6.54 Å². The summed E-state index contributed by atoms with van der Waals surface area (Å²) in [4.78, 5) is 0. The van der Waals surface area contributed by atoms with Gasteiger partial charge in [0.1, 0.15) is 0 Å². The summed E-state index contributed by atoms with van der Waals surface area (Å²) in [6.07, 6.45) is 2.65. The molecule has 2 N–H and O–H groups in total. The molecule has 1 aromatic carbocycles. The molecule has 0 saturated carbocycles. The van der Waals surface area contributed by atoms with Gasteiger partial charge in [0.15, 0.2) is 0 Å². The van der Waals surface area contributed by atoms with Crippen molar-refractivity contribution in [3.8, 4) is 0 Å². The molecule has 18 heavy (non-hydrogen) atoms. The fourth-order valence-corrected chi connectivity index (χ4v) is 2.13. The molecule has 0 aliphatic carbocycles. The van der Waals surface area contributed by atoms with E-state index in [1.165, 1.54) is 16.5 Å². The van der Waals surface area contributed by atoms with E-state index in [0.29, 0.717) is 0 Å². The van der Waals surface area contributed by atoms with Crippen molar-refractivity contribution in [1.82, 2.24) is 9.88 Å². The van der Waals surface area contributed by atoms with Gasteiger partial charge >= 0.3 is 0 Å². The second kappa shape index (κ2) is 6.03. The van der Waals surface area contributed by atoms with Crippen LogP contribution in [-0.2, 0) is 13.1 Å². The van der Waals surface area contributed by atoms with Crippen LogP contribution >= 0.6 is 0 Å². The minimum atomic E-state index is -0.243. The molecular formula is C15H22N2O. The zero-order valence-electron chi connectivity index (χ0n) is 11.2. The zero-order chi connectivity index (χ0) is 13.0. The Balaban J connectivity index is 2.20. The van der Waals surface area contributed by atoms with Gasteiger partial charge in [0.05, 0.1) is 6.10 Å². The summed E-state index contributed by atoms with van der Waals surface area (Å²) in [6.45, 7) is 6.72. The Hall–Kier alpha value is -1.32. The Morgan fingerprint density at radius 3 is 2.89 bits per heavy atom. The molecule has 0 radical (unpaired) electrons. The van der Waals surface area contributed by atoms with E-state index >= 15 is 0 Å². The number of benzene rings is 1. The number of nitrogens with zero attached hydrogens (tertiary/aromatic N) is 1. The molecule has 1 unspecified atom stereocenters. The fourth-order valence-electron chi connectivity index (χ4n) is 2.13. The topological polar surface area (TPSA) is 37.2 Å². The minimum absolute atomic E-state index is 0.243. The molecule has 3 heteroatoms. The predicted molar refractivity (Wildman–Crippen MR) is 75.6 cm³/mol. The lowest BCUT2D eigenvalue weighted by molar-refractivity contribution is 0.178. The van der Waals surface area contributed by atoms with Crippen molar-refractivity contribution < 1.29 is 5.11 Å². The lowest BCUT2D eigenvalue weighted by Gasteiger charge is -2.08. The predicted octanol–water partition coefficient (Wildman–Crippen LogP) is 2.52. The Morgan fingerprint density at radius 1 is 1.33 bits per heavy atom. The molecule has 0 bridgehead atoms. The number of hydrogen-bond acceptors (Lipinski definition) is 2. The molecule has 0 aliphatic heterocycles. The van der Waals surface area contributed by atoms with Crippen molar-refractivity contribution >= 4 is 10.9 Å². The Kier molecular flexibility index (Phi) is 4.39. The van der Waals surface area contributed by atoms with Gasteiger partial charge in [-0.15, -0.1) is 0 Å². The lowest BCUT2D eigenvalue weighted by Crippen LogP contribution is -2.11. The van der Waals surface area contributed by atoms with Crippen molar-refractivity contribution in [2.24, 2.45) is 0 Å². The van der Waals surface area contributed by atoms with Crippen LogP contribution in [0.25, 0.3) is 10.9 Å². The maximum absolute atomic E-state index is 9.37. The molecular weight excluding hydrogens is 224 g/mol. The maximum atomic E-state index is 9.37. The molecule has 98 valence electrons. The first-order valence-corrected chi connectivity index (χ1v) is 6.67. The second-order valence-electron chi connectivity index (χ2n) is 4.82. The average Bonchev–Trinajstić information content (AvgIpc) is 2.76. The number of aliphatic hydroxyl groups excluding tert-OH is 1. The molecule has 1 heterocycles. The molecule has 0 fully saturated rings. The Bertz CT molecular complexity index is 502. The first-order chi connectivity index (χ1) is 8.70. The highest BCUT2D eigenvalue weighted by Gasteiger charge is 2.03. The molecule has 0 aliphatic rings. The SMILES string of the molecule is CCNCc1ccc2ccn(CCC(C)O)c2c1. The Morgan fingerprint density at radius 2 is 2.17 bits per heavy atom. The number of aliphatic hydroxyl groups is 1. The van der Waals surface area contributed by atoms with Gasteiger partial charge < -0.3 is 15.0 Å². The van der Waals surface area contributed by atoms with E-state index in [9.17, 15) is 5.11 Å². The normalized spacial score (nSPS) is 13.1. The van der Waals surface area contributed by atoms with E-state index in [2.05, 4.69) is 47.3 Å². The van der Waals surface area contributed by atoms with Gasteiger partial charge in [0, 0.05) is 24.8 Å². The fraction of sp³-hybridized carbons (Fsp3) is 0.467. The summed E-state index contributed by atoms with van der Waals surface area (Å²) in [7, 11) is 0. The van der Waals surface area contributed by atoms with Gasteiger partial charge in [-0.25, -0.2) is 0 Å². The van der Waals surface area contributed by atoms with Crippen LogP contribution < -0.4 is 5.32 Å². The molecule has 0 spiro atoms. The number of aromatic nitrogens is 1. The van der Waals surface area contributed by atoms with Gasteiger partial charge in [-0.05, 0) is 43.0 Å². The van der Waals surface area contributed by atoms with E-state index in [4.69, 9.17) is 0 Å². The van der Waals surface area contributed by atoms with E-state index in [0.717, 1.165) is 26.1 Å². The van der Waals surface area contributed by atoms with E-state index < -0.39 is 0 Å². The zero-order valence-corrected chi connectivity index (χ0v) is 11.2. The number of rotatable bonds is 6. The standard InChI is InChI=1S/C15H22N2O/c1-3-16-11-13-4-5-14-7-9-17(15(14)10-13)8-6-12(2)18/h4-5,7,9-10,12,16,18H,3,6,8,11H2,1-2H3. The lowest BCUT2D eigenvalue weighted by atomic mass is 10.1. The van der Waals surface area contributed by atoms with Crippen LogP contribution in [0, 0.1) is 0 Å². The van der Waals surface area contributed by atoms with Gasteiger partial charge in [0.25, 0.3) is 0 Å². The van der Waals surface area contributed by atoms with Crippen LogP contribution in [0.15, 0.2) is 30.5 Å². The number of fused-ring (bicyclic) bond motifs is 1. The van der Waals surface area contributed by atoms with Crippen molar-refractivity contribution in [2.45, 2.75) is 39.5 Å². The maximum Gasteiger partial charge on any atom is 0.0529 e. The second-order valence-corrected chi connectivity index (χ2v) is 4.82. The van der Waals surface area contributed by atoms with Crippen LogP contribution in [0.5, 0.6) is 0 Å². The van der Waals surface area contributed by atoms with Gasteiger partial charge in [-0.2, -0.15) is 0 Å². The Labute approximate surface area is 108 Å². The molecule has 1 atom stereocenters. The van der Waals surface area contributed by atoms with Crippen LogP contribution in [-0.4, -0.2) is 22.3 Å². The summed E-state index contributed by atoms with van der Waals surface area (Å²) in [5.74, 6) is 0. The molecule has 3 nitrogen and oxygen atoms in total. The largest absolute Gasteiger partial charge is 0.393 e. The molecule has 0 saturated heterocycles. The third-order valence-corrected chi connectivity index (χ3v) is 3.21.